The lowest BCUT2D eigenvalue weighted by Crippen LogP contribution is -2.00. The van der Waals surface area contributed by atoms with Crippen LogP contribution < -0.4 is 9.47 Å². The van der Waals surface area contributed by atoms with E-state index in [2.05, 4.69) is 15.9 Å². The minimum absolute atomic E-state index is 0.499. The number of halogens is 2. The number of rotatable bonds is 5. The molecule has 4 heteroatoms. The Kier molecular flexibility index (Phi) is 5.11. The van der Waals surface area contributed by atoms with Gasteiger partial charge in [0.2, 0.25) is 0 Å². The van der Waals surface area contributed by atoms with Gasteiger partial charge >= 0.3 is 0 Å². The number of benzene rings is 2. The zero-order valence-electron chi connectivity index (χ0n) is 10.5. The van der Waals surface area contributed by atoms with Crippen LogP contribution >= 0.6 is 27.5 Å². The van der Waals surface area contributed by atoms with Gasteiger partial charge in [0.15, 0.2) is 11.5 Å². The summed E-state index contributed by atoms with van der Waals surface area (Å²) in [6.45, 7) is 0.499. The average Bonchev–Trinajstić information content (AvgIpc) is 2.46. The molecule has 0 radical (unpaired) electrons. The molecule has 0 spiro atoms. The van der Waals surface area contributed by atoms with Gasteiger partial charge in [-0.3, -0.25) is 0 Å². The summed E-state index contributed by atoms with van der Waals surface area (Å²) < 4.78 is 11.2. The summed E-state index contributed by atoms with van der Waals surface area (Å²) in [6, 6.07) is 13.6. The SMILES string of the molecule is COc1cc(Cl)cc(CBr)c1OCc1ccccc1. The quantitative estimate of drug-likeness (QED) is 0.726. The van der Waals surface area contributed by atoms with E-state index in [0.717, 1.165) is 16.9 Å². The molecule has 0 aliphatic rings. The van der Waals surface area contributed by atoms with E-state index in [9.17, 15) is 0 Å². The van der Waals surface area contributed by atoms with Crippen LogP contribution in [0.2, 0.25) is 5.02 Å². The Balaban J connectivity index is 2.23. The van der Waals surface area contributed by atoms with Crippen LogP contribution in [0.1, 0.15) is 11.1 Å². The molecule has 0 fully saturated rings. The van der Waals surface area contributed by atoms with Crippen LogP contribution in [0.15, 0.2) is 42.5 Å². The maximum absolute atomic E-state index is 6.04. The van der Waals surface area contributed by atoms with Gasteiger partial charge < -0.3 is 9.47 Å². The second-order valence-corrected chi connectivity index (χ2v) is 5.00. The van der Waals surface area contributed by atoms with Gasteiger partial charge in [-0.05, 0) is 11.6 Å². The summed E-state index contributed by atoms with van der Waals surface area (Å²) in [5, 5.41) is 1.30. The fraction of sp³-hybridized carbons (Fsp3) is 0.200. The van der Waals surface area contributed by atoms with E-state index < -0.39 is 0 Å². The molecular weight excluding hydrogens is 328 g/mol. The number of alkyl halides is 1. The van der Waals surface area contributed by atoms with Gasteiger partial charge in [-0.1, -0.05) is 57.9 Å². The second-order valence-electron chi connectivity index (χ2n) is 4.00. The van der Waals surface area contributed by atoms with E-state index in [1.807, 2.05) is 36.4 Å². The van der Waals surface area contributed by atoms with E-state index in [4.69, 9.17) is 21.1 Å². The molecular formula is C15H14BrClO2. The van der Waals surface area contributed by atoms with Crippen molar-refractivity contribution in [2.45, 2.75) is 11.9 Å². The minimum atomic E-state index is 0.499. The van der Waals surface area contributed by atoms with Crippen LogP contribution in [0.25, 0.3) is 0 Å². The van der Waals surface area contributed by atoms with Crippen LogP contribution in [0.4, 0.5) is 0 Å². The van der Waals surface area contributed by atoms with Crippen molar-refractivity contribution in [3.63, 3.8) is 0 Å². The maximum atomic E-state index is 6.04. The molecule has 0 aliphatic heterocycles. The number of ether oxygens (including phenoxy) is 2. The highest BCUT2D eigenvalue weighted by molar-refractivity contribution is 9.08. The van der Waals surface area contributed by atoms with Crippen molar-refractivity contribution >= 4 is 27.5 Å². The lowest BCUT2D eigenvalue weighted by molar-refractivity contribution is 0.282. The summed E-state index contributed by atoms with van der Waals surface area (Å²) in [4.78, 5) is 0. The standard InChI is InChI=1S/C15H14BrClO2/c1-18-14-8-13(17)7-12(9-16)15(14)19-10-11-5-3-2-4-6-11/h2-8H,9-10H2,1H3. The van der Waals surface area contributed by atoms with Crippen molar-refractivity contribution in [1.82, 2.24) is 0 Å². The molecule has 0 atom stereocenters. The van der Waals surface area contributed by atoms with Gasteiger partial charge in [-0.25, -0.2) is 0 Å². The number of hydrogen-bond donors (Lipinski definition) is 0. The Morgan fingerprint density at radius 2 is 1.89 bits per heavy atom. The minimum Gasteiger partial charge on any atom is -0.493 e. The van der Waals surface area contributed by atoms with E-state index in [0.29, 0.717) is 22.7 Å². The van der Waals surface area contributed by atoms with Gasteiger partial charge in [0.1, 0.15) is 6.61 Å². The van der Waals surface area contributed by atoms with Gasteiger partial charge in [0, 0.05) is 22.0 Å². The van der Waals surface area contributed by atoms with E-state index in [1.165, 1.54) is 0 Å². The maximum Gasteiger partial charge on any atom is 0.165 e. The molecule has 0 saturated carbocycles. The second kappa shape index (κ2) is 6.83. The Morgan fingerprint density at radius 1 is 1.16 bits per heavy atom. The molecule has 0 aliphatic carbocycles. The third-order valence-corrected chi connectivity index (χ3v) is 3.51. The highest BCUT2D eigenvalue weighted by atomic mass is 79.9. The van der Waals surface area contributed by atoms with Crippen LogP contribution in [-0.2, 0) is 11.9 Å². The molecule has 2 aromatic carbocycles. The Bertz CT molecular complexity index is 518. The van der Waals surface area contributed by atoms with Crippen molar-refractivity contribution in [2.75, 3.05) is 7.11 Å². The number of hydrogen-bond acceptors (Lipinski definition) is 2. The molecule has 0 bridgehead atoms. The molecule has 2 nitrogen and oxygen atoms in total. The normalized spacial score (nSPS) is 10.3. The van der Waals surface area contributed by atoms with E-state index >= 15 is 0 Å². The van der Waals surface area contributed by atoms with E-state index in [1.54, 1.807) is 13.2 Å². The molecule has 0 unspecified atom stereocenters. The van der Waals surface area contributed by atoms with Crippen LogP contribution in [0.3, 0.4) is 0 Å². The monoisotopic (exact) mass is 340 g/mol. The van der Waals surface area contributed by atoms with Crippen molar-refractivity contribution < 1.29 is 9.47 Å². The first kappa shape index (κ1) is 14.2. The molecule has 100 valence electrons. The van der Waals surface area contributed by atoms with Crippen LogP contribution in [0, 0.1) is 0 Å². The summed E-state index contributed by atoms with van der Waals surface area (Å²) in [7, 11) is 1.61. The summed E-state index contributed by atoms with van der Waals surface area (Å²) >= 11 is 9.48. The van der Waals surface area contributed by atoms with E-state index in [-0.39, 0.29) is 0 Å². The average molecular weight is 342 g/mol. The first-order chi connectivity index (χ1) is 9.24. The van der Waals surface area contributed by atoms with Crippen molar-refractivity contribution in [3.05, 3.63) is 58.6 Å². The molecule has 19 heavy (non-hydrogen) atoms. The molecule has 0 aromatic heterocycles. The summed E-state index contributed by atoms with van der Waals surface area (Å²) in [6.07, 6.45) is 0. The molecule has 0 heterocycles. The third-order valence-electron chi connectivity index (χ3n) is 2.69. The molecule has 0 amide bonds. The summed E-state index contributed by atoms with van der Waals surface area (Å²) in [5.74, 6) is 1.38. The zero-order valence-corrected chi connectivity index (χ0v) is 12.9. The van der Waals surface area contributed by atoms with Gasteiger partial charge in [0.25, 0.3) is 0 Å². The topological polar surface area (TPSA) is 18.5 Å². The predicted molar refractivity (Wildman–Crippen MR) is 81.4 cm³/mol. The molecule has 2 rings (SSSR count). The van der Waals surface area contributed by atoms with Crippen molar-refractivity contribution in [3.8, 4) is 11.5 Å². The largest absolute Gasteiger partial charge is 0.493 e. The van der Waals surface area contributed by atoms with Crippen molar-refractivity contribution in [1.29, 1.82) is 0 Å². The highest BCUT2D eigenvalue weighted by Gasteiger charge is 2.12. The Hall–Kier alpha value is -1.19. The number of methoxy groups -OCH3 is 1. The lowest BCUT2D eigenvalue weighted by Gasteiger charge is -2.14. The molecule has 0 N–H and O–H groups in total. The van der Waals surface area contributed by atoms with Gasteiger partial charge in [-0.2, -0.15) is 0 Å². The lowest BCUT2D eigenvalue weighted by atomic mass is 10.2. The Labute approximate surface area is 126 Å². The predicted octanol–water partition coefficient (Wildman–Crippen LogP) is 4.82. The smallest absolute Gasteiger partial charge is 0.165 e. The van der Waals surface area contributed by atoms with Crippen LogP contribution in [-0.4, -0.2) is 7.11 Å². The summed E-state index contributed by atoms with van der Waals surface area (Å²) in [5.41, 5.74) is 2.08. The fourth-order valence-electron chi connectivity index (χ4n) is 1.77. The Morgan fingerprint density at radius 3 is 2.53 bits per heavy atom. The van der Waals surface area contributed by atoms with Crippen LogP contribution in [0.5, 0.6) is 11.5 Å². The highest BCUT2D eigenvalue weighted by Crippen LogP contribution is 2.36. The molecule has 0 saturated heterocycles. The first-order valence-electron chi connectivity index (χ1n) is 5.83. The zero-order chi connectivity index (χ0) is 13.7. The van der Waals surface area contributed by atoms with Gasteiger partial charge in [-0.15, -0.1) is 0 Å². The van der Waals surface area contributed by atoms with Gasteiger partial charge in [0.05, 0.1) is 7.11 Å². The molecule has 2 aromatic rings. The first-order valence-corrected chi connectivity index (χ1v) is 7.33. The fourth-order valence-corrected chi connectivity index (χ4v) is 2.41. The van der Waals surface area contributed by atoms with Crippen molar-refractivity contribution in [2.24, 2.45) is 0 Å². The third kappa shape index (κ3) is 3.64.